The molecule has 1 aromatic rings. The predicted octanol–water partition coefficient (Wildman–Crippen LogP) is 2.96. The molecule has 2 fully saturated rings. The van der Waals surface area contributed by atoms with Crippen LogP contribution in [-0.2, 0) is 26.3 Å². The first kappa shape index (κ1) is 19.2. The maximum absolute atomic E-state index is 10.8. The molecule has 0 amide bonds. The van der Waals surface area contributed by atoms with Crippen molar-refractivity contribution in [2.75, 3.05) is 44.3 Å². The maximum atomic E-state index is 10.8. The molecular formula is C21H32N2O3. The first-order chi connectivity index (χ1) is 12.5. The largest absolute Gasteiger partial charge is 0.457 e. The van der Waals surface area contributed by atoms with Gasteiger partial charge < -0.3 is 14.4 Å². The van der Waals surface area contributed by atoms with E-state index in [1.807, 2.05) is 13.8 Å². The van der Waals surface area contributed by atoms with Crippen LogP contribution in [0.15, 0.2) is 18.2 Å². The summed E-state index contributed by atoms with van der Waals surface area (Å²) in [6, 6.07) is 7.18. The van der Waals surface area contributed by atoms with E-state index in [9.17, 15) is 4.79 Å². The third-order valence-corrected chi connectivity index (χ3v) is 5.87. The van der Waals surface area contributed by atoms with Crippen LogP contribution in [0.1, 0.15) is 44.7 Å². The van der Waals surface area contributed by atoms with Crippen LogP contribution in [-0.4, -0.2) is 56.8 Å². The van der Waals surface area contributed by atoms with Gasteiger partial charge in [0, 0.05) is 37.9 Å². The number of aryl methyl sites for hydroxylation is 1. The van der Waals surface area contributed by atoms with Gasteiger partial charge in [0.2, 0.25) is 0 Å². The van der Waals surface area contributed by atoms with Crippen molar-refractivity contribution in [3.63, 3.8) is 0 Å². The van der Waals surface area contributed by atoms with Crippen LogP contribution in [0.2, 0.25) is 0 Å². The molecule has 5 nitrogen and oxygen atoms in total. The van der Waals surface area contributed by atoms with Gasteiger partial charge in [-0.3, -0.25) is 9.69 Å². The number of morpholine rings is 1. The molecule has 5 heteroatoms. The number of rotatable bonds is 6. The van der Waals surface area contributed by atoms with Crippen molar-refractivity contribution in [2.45, 2.75) is 51.7 Å². The highest BCUT2D eigenvalue weighted by atomic mass is 16.5. The lowest BCUT2D eigenvalue weighted by molar-refractivity contribution is -0.141. The van der Waals surface area contributed by atoms with Gasteiger partial charge in [-0.15, -0.1) is 0 Å². The molecule has 144 valence electrons. The molecule has 0 saturated carbocycles. The highest BCUT2D eigenvalue weighted by Crippen LogP contribution is 2.32. The first-order valence-electron chi connectivity index (χ1n) is 9.86. The number of anilines is 1. The van der Waals surface area contributed by atoms with Crippen molar-refractivity contribution < 1.29 is 14.3 Å². The quantitative estimate of drug-likeness (QED) is 0.730. The number of hydrogen-bond donors (Lipinski definition) is 0. The number of hydrogen-bond acceptors (Lipinski definition) is 5. The first-order valence-corrected chi connectivity index (χ1v) is 9.86. The van der Waals surface area contributed by atoms with E-state index in [-0.39, 0.29) is 0 Å². The second-order valence-electron chi connectivity index (χ2n) is 7.79. The Morgan fingerprint density at radius 2 is 1.88 bits per heavy atom. The Morgan fingerprint density at radius 1 is 1.19 bits per heavy atom. The smallest absolute Gasteiger partial charge is 0.293 e. The van der Waals surface area contributed by atoms with Crippen molar-refractivity contribution >= 4 is 12.2 Å². The lowest BCUT2D eigenvalue weighted by atomic mass is 9.93. The minimum Gasteiger partial charge on any atom is -0.457 e. The van der Waals surface area contributed by atoms with Gasteiger partial charge in [0.05, 0.1) is 13.2 Å². The molecule has 0 unspecified atom stereocenters. The normalized spacial score (nSPS) is 20.2. The third-order valence-electron chi connectivity index (χ3n) is 5.87. The van der Waals surface area contributed by atoms with Gasteiger partial charge in [-0.2, -0.15) is 0 Å². The van der Waals surface area contributed by atoms with Gasteiger partial charge in [0.15, 0.2) is 0 Å². The molecule has 2 heterocycles. The van der Waals surface area contributed by atoms with Crippen molar-refractivity contribution in [1.82, 2.24) is 4.90 Å². The monoisotopic (exact) mass is 360 g/mol. The van der Waals surface area contributed by atoms with E-state index < -0.39 is 5.60 Å². The van der Waals surface area contributed by atoms with Gasteiger partial charge in [-0.05, 0) is 50.3 Å². The molecule has 2 aliphatic rings. The Morgan fingerprint density at radius 3 is 2.50 bits per heavy atom. The summed E-state index contributed by atoms with van der Waals surface area (Å²) in [6.07, 6.45) is 3.40. The standard InChI is InChI=1S/C21H32N2O3/c1-4-17-5-6-18(21(2,3)26-16-24)15-20(17)23-9-7-19(8-10-23)22-11-13-25-14-12-22/h5-6,15-16,19H,4,7-14H2,1-3H3. The zero-order valence-electron chi connectivity index (χ0n) is 16.4. The molecule has 0 spiro atoms. The second kappa shape index (κ2) is 8.40. The predicted molar refractivity (Wildman–Crippen MR) is 104 cm³/mol. The molecule has 0 aliphatic carbocycles. The number of carbonyl (C=O) groups excluding carboxylic acids is 1. The van der Waals surface area contributed by atoms with E-state index in [1.54, 1.807) is 0 Å². The summed E-state index contributed by atoms with van der Waals surface area (Å²) >= 11 is 0. The Hall–Kier alpha value is -1.59. The van der Waals surface area contributed by atoms with Crippen molar-refractivity contribution in [2.24, 2.45) is 0 Å². The average Bonchev–Trinajstić information content (AvgIpc) is 2.68. The van der Waals surface area contributed by atoms with Gasteiger partial charge in [-0.25, -0.2) is 0 Å². The fourth-order valence-electron chi connectivity index (χ4n) is 4.13. The van der Waals surface area contributed by atoms with Crippen LogP contribution < -0.4 is 4.90 Å². The summed E-state index contributed by atoms with van der Waals surface area (Å²) in [4.78, 5) is 16.0. The van der Waals surface area contributed by atoms with Crippen molar-refractivity contribution in [3.8, 4) is 0 Å². The third kappa shape index (κ3) is 4.21. The van der Waals surface area contributed by atoms with Crippen LogP contribution >= 0.6 is 0 Å². The second-order valence-corrected chi connectivity index (χ2v) is 7.79. The summed E-state index contributed by atoms with van der Waals surface area (Å²) in [5.74, 6) is 0. The van der Waals surface area contributed by atoms with E-state index in [2.05, 4.69) is 34.9 Å². The molecule has 0 bridgehead atoms. The molecule has 3 rings (SSSR count). The fraction of sp³-hybridized carbons (Fsp3) is 0.667. The molecule has 0 N–H and O–H groups in total. The van der Waals surface area contributed by atoms with Gasteiger partial charge in [0.1, 0.15) is 5.60 Å². The summed E-state index contributed by atoms with van der Waals surface area (Å²) in [6.45, 7) is 12.7. The molecule has 0 atom stereocenters. The van der Waals surface area contributed by atoms with E-state index in [0.29, 0.717) is 12.5 Å². The average molecular weight is 360 g/mol. The number of nitrogens with zero attached hydrogens (tertiary/aromatic N) is 2. The summed E-state index contributed by atoms with van der Waals surface area (Å²) in [7, 11) is 0. The fourth-order valence-corrected chi connectivity index (χ4v) is 4.13. The molecule has 2 saturated heterocycles. The van der Waals surface area contributed by atoms with Gasteiger partial charge in [0.25, 0.3) is 6.47 Å². The molecule has 2 aliphatic heterocycles. The number of carbonyl (C=O) groups is 1. The maximum Gasteiger partial charge on any atom is 0.293 e. The van der Waals surface area contributed by atoms with Gasteiger partial charge >= 0.3 is 0 Å². The zero-order valence-corrected chi connectivity index (χ0v) is 16.4. The summed E-state index contributed by atoms with van der Waals surface area (Å²) in [5, 5.41) is 0. The Balaban J connectivity index is 1.73. The topological polar surface area (TPSA) is 42.0 Å². The van der Waals surface area contributed by atoms with Crippen LogP contribution in [0, 0.1) is 0 Å². The Bertz CT molecular complexity index is 603. The van der Waals surface area contributed by atoms with Crippen LogP contribution in [0.25, 0.3) is 0 Å². The molecule has 0 aromatic heterocycles. The van der Waals surface area contributed by atoms with Crippen molar-refractivity contribution in [3.05, 3.63) is 29.3 Å². The Labute approximate surface area is 157 Å². The number of piperidine rings is 1. The molecule has 0 radical (unpaired) electrons. The highest BCUT2D eigenvalue weighted by Gasteiger charge is 2.28. The van der Waals surface area contributed by atoms with Crippen LogP contribution in [0.4, 0.5) is 5.69 Å². The van der Waals surface area contributed by atoms with E-state index in [1.165, 1.54) is 24.1 Å². The molecule has 26 heavy (non-hydrogen) atoms. The lowest BCUT2D eigenvalue weighted by Crippen LogP contribution is -2.49. The van der Waals surface area contributed by atoms with E-state index >= 15 is 0 Å². The van der Waals surface area contributed by atoms with Crippen LogP contribution in [0.3, 0.4) is 0 Å². The summed E-state index contributed by atoms with van der Waals surface area (Å²) in [5.41, 5.74) is 3.11. The van der Waals surface area contributed by atoms with E-state index in [4.69, 9.17) is 9.47 Å². The zero-order chi connectivity index (χ0) is 18.6. The van der Waals surface area contributed by atoms with Crippen LogP contribution in [0.5, 0.6) is 0 Å². The minimum atomic E-state index is -0.602. The summed E-state index contributed by atoms with van der Waals surface area (Å²) < 4.78 is 10.8. The van der Waals surface area contributed by atoms with Gasteiger partial charge in [-0.1, -0.05) is 19.1 Å². The number of benzene rings is 1. The van der Waals surface area contributed by atoms with E-state index in [0.717, 1.165) is 51.4 Å². The molecule has 1 aromatic carbocycles. The highest BCUT2D eigenvalue weighted by molar-refractivity contribution is 5.57. The lowest BCUT2D eigenvalue weighted by Gasteiger charge is -2.41. The number of ether oxygens (including phenoxy) is 2. The minimum absolute atomic E-state index is 0.543. The SMILES string of the molecule is CCc1ccc(C(C)(C)OC=O)cc1N1CCC(N2CCOCC2)CC1. The van der Waals surface area contributed by atoms with Crippen molar-refractivity contribution in [1.29, 1.82) is 0 Å². The Kier molecular flexibility index (Phi) is 6.20. The molecular weight excluding hydrogens is 328 g/mol.